The molecule has 1 fully saturated rings. The Hall–Kier alpha value is -3.72. The van der Waals surface area contributed by atoms with E-state index in [1.807, 2.05) is 6.92 Å². The number of amides is 1. The number of hydrogen-bond acceptors (Lipinski definition) is 12. The molecule has 0 radical (unpaired) electrons. The Bertz CT molecular complexity index is 1240. The molecule has 39 heavy (non-hydrogen) atoms. The molecule has 0 aliphatic carbocycles. The molecule has 1 aromatic carbocycles. The minimum absolute atomic E-state index is 0.0261. The van der Waals surface area contributed by atoms with Crippen molar-refractivity contribution in [3.63, 3.8) is 0 Å². The summed E-state index contributed by atoms with van der Waals surface area (Å²) < 4.78 is 37.0. The van der Waals surface area contributed by atoms with Crippen molar-refractivity contribution in [2.24, 2.45) is 17.6 Å². The van der Waals surface area contributed by atoms with Crippen LogP contribution in [0.4, 0.5) is 5.69 Å². The molecule has 17 heteroatoms. The van der Waals surface area contributed by atoms with Gasteiger partial charge >= 0.3 is 13.7 Å². The summed E-state index contributed by atoms with van der Waals surface area (Å²) in [6, 6.07) is 3.70. The van der Waals surface area contributed by atoms with Gasteiger partial charge in [0.2, 0.25) is 5.82 Å². The minimum atomic E-state index is -4.34. The topological polar surface area (TPSA) is 217 Å². The monoisotopic (exact) mass is 568 g/mol. The molecule has 2 aromatic rings. The maximum Gasteiger partial charge on any atom is 0.459 e. The zero-order chi connectivity index (χ0) is 28.7. The summed E-state index contributed by atoms with van der Waals surface area (Å²) in [5, 5.41) is 17.5. The number of carbonyl (C=O) groups is 3. The first kappa shape index (κ1) is 29.8. The lowest BCUT2D eigenvalue weighted by Crippen LogP contribution is -2.42. The SMILES string of the molecule is CC[C@H](C)[C@H](NP(=O)(OC[C@@H]1CC(C=O)[C@H](n2cnc(C(N)=O)n2)O1)Oc1ccc([N+](=O)[O-])cc1)C(=O)OC. The molecule has 2 heterocycles. The summed E-state index contributed by atoms with van der Waals surface area (Å²) in [6.07, 6.45) is 0.803. The van der Waals surface area contributed by atoms with E-state index in [0.717, 1.165) is 12.1 Å². The molecule has 1 aromatic heterocycles. The van der Waals surface area contributed by atoms with Gasteiger partial charge in [0.15, 0.2) is 6.23 Å². The summed E-state index contributed by atoms with van der Waals surface area (Å²) in [5.41, 5.74) is 4.97. The number of methoxy groups -OCH3 is 1. The van der Waals surface area contributed by atoms with Crippen molar-refractivity contribution in [2.75, 3.05) is 13.7 Å². The Labute approximate surface area is 222 Å². The van der Waals surface area contributed by atoms with E-state index in [0.29, 0.717) is 12.7 Å². The Balaban J connectivity index is 1.81. The molecule has 2 unspecified atom stereocenters. The van der Waals surface area contributed by atoms with Gasteiger partial charge < -0.3 is 24.5 Å². The first-order valence-corrected chi connectivity index (χ1v) is 13.4. The van der Waals surface area contributed by atoms with E-state index in [9.17, 15) is 29.1 Å². The normalized spacial score (nSPS) is 21.9. The average Bonchev–Trinajstić information content (AvgIpc) is 3.57. The number of nitrogens with zero attached hydrogens (tertiary/aromatic N) is 4. The number of nitro groups is 1. The van der Waals surface area contributed by atoms with Gasteiger partial charge in [0.25, 0.3) is 11.6 Å². The second kappa shape index (κ2) is 12.9. The number of benzene rings is 1. The fourth-order valence-corrected chi connectivity index (χ4v) is 5.40. The third-order valence-electron chi connectivity index (χ3n) is 6.07. The number of nitrogens with one attached hydrogen (secondary N) is 1. The van der Waals surface area contributed by atoms with Gasteiger partial charge in [-0.1, -0.05) is 20.3 Å². The fraction of sp³-hybridized carbons (Fsp3) is 0.500. The number of hydrogen-bond donors (Lipinski definition) is 2. The van der Waals surface area contributed by atoms with Crippen LogP contribution in [0.3, 0.4) is 0 Å². The summed E-state index contributed by atoms with van der Waals surface area (Å²) in [7, 11) is -3.15. The van der Waals surface area contributed by atoms with E-state index in [4.69, 9.17) is 24.3 Å². The number of rotatable bonds is 14. The molecule has 3 rings (SSSR count). The number of aromatic nitrogens is 3. The van der Waals surface area contributed by atoms with Crippen molar-refractivity contribution < 1.29 is 42.4 Å². The van der Waals surface area contributed by atoms with Crippen LogP contribution in [-0.2, 0) is 28.2 Å². The first-order valence-electron chi connectivity index (χ1n) is 11.9. The van der Waals surface area contributed by atoms with Crippen molar-refractivity contribution in [3.8, 4) is 5.75 Å². The molecule has 0 saturated carbocycles. The van der Waals surface area contributed by atoms with Gasteiger partial charge in [0.05, 0.1) is 30.7 Å². The largest absolute Gasteiger partial charge is 0.468 e. The van der Waals surface area contributed by atoms with Crippen molar-refractivity contribution in [1.82, 2.24) is 19.9 Å². The van der Waals surface area contributed by atoms with E-state index < -0.39 is 48.8 Å². The Kier molecular flexibility index (Phi) is 9.86. The summed E-state index contributed by atoms with van der Waals surface area (Å²) in [5.74, 6) is -2.88. The molecule has 1 aliphatic heterocycles. The van der Waals surface area contributed by atoms with Gasteiger partial charge in [-0.3, -0.25) is 24.2 Å². The highest BCUT2D eigenvalue weighted by atomic mass is 31.2. The van der Waals surface area contributed by atoms with Crippen LogP contribution in [0.1, 0.15) is 43.5 Å². The summed E-state index contributed by atoms with van der Waals surface area (Å²) in [4.78, 5) is 49.6. The smallest absolute Gasteiger partial charge is 0.459 e. The van der Waals surface area contributed by atoms with Crippen LogP contribution in [-0.4, -0.2) is 63.7 Å². The Morgan fingerprint density at radius 1 is 1.38 bits per heavy atom. The Morgan fingerprint density at radius 3 is 2.62 bits per heavy atom. The van der Waals surface area contributed by atoms with E-state index in [2.05, 4.69) is 15.2 Å². The molecular formula is C22H29N6O10P. The lowest BCUT2D eigenvalue weighted by molar-refractivity contribution is -0.384. The second-order valence-electron chi connectivity index (χ2n) is 8.75. The van der Waals surface area contributed by atoms with Crippen LogP contribution in [0.2, 0.25) is 0 Å². The van der Waals surface area contributed by atoms with Crippen LogP contribution in [0, 0.1) is 22.0 Å². The maximum absolute atomic E-state index is 13.9. The number of carbonyl (C=O) groups excluding carboxylic acids is 3. The number of nitrogens with two attached hydrogens (primary N) is 1. The lowest BCUT2D eigenvalue weighted by atomic mass is 10.0. The number of primary amides is 1. The predicted molar refractivity (Wildman–Crippen MR) is 132 cm³/mol. The van der Waals surface area contributed by atoms with Gasteiger partial charge in [0, 0.05) is 12.1 Å². The average molecular weight is 568 g/mol. The molecule has 0 bridgehead atoms. The molecule has 16 nitrogen and oxygen atoms in total. The molecule has 0 spiro atoms. The van der Waals surface area contributed by atoms with Crippen LogP contribution < -0.4 is 15.3 Å². The highest BCUT2D eigenvalue weighted by molar-refractivity contribution is 7.52. The number of ether oxygens (including phenoxy) is 2. The quantitative estimate of drug-likeness (QED) is 0.109. The van der Waals surface area contributed by atoms with Crippen molar-refractivity contribution in [3.05, 3.63) is 46.5 Å². The van der Waals surface area contributed by atoms with Gasteiger partial charge in [0.1, 0.15) is 24.4 Å². The first-order chi connectivity index (χ1) is 18.5. The maximum atomic E-state index is 13.9. The molecule has 1 saturated heterocycles. The number of nitro benzene ring substituents is 1. The summed E-state index contributed by atoms with van der Waals surface area (Å²) in [6.45, 7) is 3.22. The van der Waals surface area contributed by atoms with Crippen LogP contribution in [0.25, 0.3) is 0 Å². The van der Waals surface area contributed by atoms with Gasteiger partial charge in [-0.2, -0.15) is 5.09 Å². The van der Waals surface area contributed by atoms with E-state index in [1.54, 1.807) is 6.92 Å². The molecule has 6 atom stereocenters. The zero-order valence-corrected chi connectivity index (χ0v) is 22.3. The fourth-order valence-electron chi connectivity index (χ4n) is 3.76. The van der Waals surface area contributed by atoms with E-state index in [1.165, 1.54) is 30.3 Å². The highest BCUT2D eigenvalue weighted by Crippen LogP contribution is 2.47. The van der Waals surface area contributed by atoms with Crippen molar-refractivity contribution >= 4 is 31.6 Å². The lowest BCUT2D eigenvalue weighted by Gasteiger charge is -2.27. The van der Waals surface area contributed by atoms with E-state index >= 15 is 0 Å². The number of non-ortho nitro benzene ring substituents is 1. The van der Waals surface area contributed by atoms with Crippen LogP contribution in [0.15, 0.2) is 30.6 Å². The molecule has 1 amide bonds. The Morgan fingerprint density at radius 2 is 2.08 bits per heavy atom. The molecular weight excluding hydrogens is 539 g/mol. The minimum Gasteiger partial charge on any atom is -0.468 e. The number of aldehydes is 1. The third kappa shape index (κ3) is 7.44. The van der Waals surface area contributed by atoms with Gasteiger partial charge in [-0.15, -0.1) is 5.10 Å². The van der Waals surface area contributed by atoms with Crippen molar-refractivity contribution in [2.45, 2.75) is 45.1 Å². The molecule has 212 valence electrons. The third-order valence-corrected chi connectivity index (χ3v) is 7.60. The standard InChI is InChI=1S/C22H29N6O10P/c1-4-13(2)18(22(31)35-3)26-39(34,38-16-7-5-15(6-8-16)28(32)33)36-11-17-9-14(10-29)21(37-17)27-12-24-20(25-27)19(23)30/h5-8,10,12-14,17-18,21H,4,9,11H2,1-3H3,(H2,23,30)(H,26,34)/t13-,14?,17-,18-,21+,39?/m0/s1. The van der Waals surface area contributed by atoms with Crippen LogP contribution >= 0.6 is 7.75 Å². The zero-order valence-electron chi connectivity index (χ0n) is 21.4. The van der Waals surface area contributed by atoms with Crippen molar-refractivity contribution in [1.29, 1.82) is 0 Å². The second-order valence-corrected chi connectivity index (χ2v) is 10.4. The molecule has 3 N–H and O–H groups in total. The van der Waals surface area contributed by atoms with Crippen LogP contribution in [0.5, 0.6) is 5.75 Å². The van der Waals surface area contributed by atoms with Gasteiger partial charge in [-0.25, -0.2) is 14.2 Å². The predicted octanol–water partition coefficient (Wildman–Crippen LogP) is 1.77. The van der Waals surface area contributed by atoms with E-state index in [-0.39, 0.29) is 36.2 Å². The number of esters is 1. The molecule has 1 aliphatic rings. The highest BCUT2D eigenvalue weighted by Gasteiger charge is 2.41. The van der Waals surface area contributed by atoms with Gasteiger partial charge in [-0.05, 0) is 24.5 Å². The summed E-state index contributed by atoms with van der Waals surface area (Å²) >= 11 is 0.